The van der Waals surface area contributed by atoms with Gasteiger partial charge in [-0.2, -0.15) is 0 Å². The normalized spacial score (nSPS) is 10.7. The number of carboxylic acids is 1. The topological polar surface area (TPSA) is 59.4 Å². The Morgan fingerprint density at radius 2 is 1.75 bits per heavy atom. The Kier molecular flexibility index (Phi) is 4.75. The van der Waals surface area contributed by atoms with Crippen molar-refractivity contribution >= 4 is 16.7 Å². The number of aromatic nitrogens is 1. The van der Waals surface area contributed by atoms with E-state index in [2.05, 4.69) is 42.2 Å². The highest BCUT2D eigenvalue weighted by molar-refractivity contribution is 5.89. The minimum atomic E-state index is -0.990. The van der Waals surface area contributed by atoms with Crippen molar-refractivity contribution in [3.63, 3.8) is 0 Å². The molecule has 3 aromatic rings. The average Bonchev–Trinajstić information content (AvgIpc) is 2.61. The van der Waals surface area contributed by atoms with Crippen LogP contribution >= 0.6 is 0 Å². The van der Waals surface area contributed by atoms with Gasteiger partial charge < -0.3 is 9.84 Å². The quantitative estimate of drug-likeness (QED) is 0.749. The van der Waals surface area contributed by atoms with Crippen LogP contribution in [0.15, 0.2) is 54.9 Å². The summed E-state index contributed by atoms with van der Waals surface area (Å²) in [6.45, 7) is 1.80. The van der Waals surface area contributed by atoms with Gasteiger partial charge in [0.2, 0.25) is 0 Å². The molecule has 0 saturated carbocycles. The van der Waals surface area contributed by atoms with Crippen LogP contribution in [0.25, 0.3) is 10.8 Å². The fraction of sp³-hybridized carbons (Fsp3) is 0.200. The van der Waals surface area contributed by atoms with Gasteiger partial charge in [-0.15, -0.1) is 0 Å². The maximum absolute atomic E-state index is 10.7. The van der Waals surface area contributed by atoms with Crippen LogP contribution in [0.2, 0.25) is 0 Å². The molecule has 3 rings (SSSR count). The summed E-state index contributed by atoms with van der Waals surface area (Å²) in [6, 6.07) is 14.4. The van der Waals surface area contributed by atoms with Gasteiger partial charge >= 0.3 is 5.97 Å². The first-order chi connectivity index (χ1) is 11.7. The second-order valence-electron chi connectivity index (χ2n) is 5.63. The zero-order chi connectivity index (χ0) is 16.9. The second-order valence-corrected chi connectivity index (χ2v) is 5.63. The summed E-state index contributed by atoms with van der Waals surface area (Å²) < 4.78 is 5.39. The van der Waals surface area contributed by atoms with E-state index in [1.54, 1.807) is 18.5 Å². The Morgan fingerprint density at radius 3 is 2.46 bits per heavy atom. The van der Waals surface area contributed by atoms with Crippen molar-refractivity contribution in [1.82, 2.24) is 4.98 Å². The predicted molar refractivity (Wildman–Crippen MR) is 93.5 cm³/mol. The largest absolute Gasteiger partial charge is 0.481 e. The molecule has 0 amide bonds. The smallest absolute Gasteiger partial charge is 0.341 e. The molecule has 0 fully saturated rings. The first kappa shape index (κ1) is 16.0. The van der Waals surface area contributed by atoms with Gasteiger partial charge in [0.1, 0.15) is 5.75 Å². The summed E-state index contributed by atoms with van der Waals surface area (Å²) in [6.07, 6.45) is 4.98. The summed E-state index contributed by atoms with van der Waals surface area (Å²) in [5, 5.41) is 11.3. The van der Waals surface area contributed by atoms with Gasteiger partial charge in [-0.05, 0) is 34.4 Å². The van der Waals surface area contributed by atoms with Gasteiger partial charge in [-0.25, -0.2) is 4.79 Å². The van der Waals surface area contributed by atoms with Crippen LogP contribution in [0, 0.1) is 0 Å². The Hall–Kier alpha value is -2.88. The van der Waals surface area contributed by atoms with Crippen molar-refractivity contribution in [2.24, 2.45) is 0 Å². The molecule has 1 heterocycles. The van der Waals surface area contributed by atoms with Crippen molar-refractivity contribution in [1.29, 1.82) is 0 Å². The Balaban J connectivity index is 1.98. The molecule has 0 saturated heterocycles. The van der Waals surface area contributed by atoms with Crippen molar-refractivity contribution in [3.8, 4) is 5.75 Å². The van der Waals surface area contributed by atoms with Gasteiger partial charge in [0.25, 0.3) is 0 Å². The molecule has 2 aromatic carbocycles. The molecule has 1 aromatic heterocycles. The number of pyridine rings is 1. The number of carboxylic acid groups (broad SMARTS) is 1. The number of hydrogen-bond acceptors (Lipinski definition) is 3. The molecule has 4 nitrogen and oxygen atoms in total. The summed E-state index contributed by atoms with van der Waals surface area (Å²) in [5.74, 6) is -0.424. The van der Waals surface area contributed by atoms with E-state index in [9.17, 15) is 4.79 Å². The third-order valence-corrected chi connectivity index (χ3v) is 4.08. The molecule has 0 aliphatic carbocycles. The van der Waals surface area contributed by atoms with E-state index < -0.39 is 5.97 Å². The van der Waals surface area contributed by atoms with Crippen molar-refractivity contribution in [2.75, 3.05) is 6.61 Å². The molecule has 24 heavy (non-hydrogen) atoms. The Bertz CT molecular complexity index is 874. The zero-order valence-electron chi connectivity index (χ0n) is 13.5. The average molecular weight is 321 g/mol. The molecule has 1 N–H and O–H groups in total. The van der Waals surface area contributed by atoms with Gasteiger partial charge in [-0.1, -0.05) is 43.3 Å². The van der Waals surface area contributed by atoms with E-state index in [0.717, 1.165) is 12.0 Å². The van der Waals surface area contributed by atoms with E-state index in [1.807, 2.05) is 6.07 Å². The molecular weight excluding hydrogens is 302 g/mol. The zero-order valence-corrected chi connectivity index (χ0v) is 13.5. The molecule has 4 heteroatoms. The molecule has 0 spiro atoms. The Labute approximate surface area is 140 Å². The van der Waals surface area contributed by atoms with Gasteiger partial charge in [0.05, 0.1) is 0 Å². The minimum Gasteiger partial charge on any atom is -0.481 e. The lowest BCUT2D eigenvalue weighted by molar-refractivity contribution is -0.139. The predicted octanol–water partition coefficient (Wildman–Crippen LogP) is 3.85. The number of carbonyl (C=O) groups is 1. The van der Waals surface area contributed by atoms with Crippen LogP contribution in [0.3, 0.4) is 0 Å². The minimum absolute atomic E-state index is 0.355. The first-order valence-electron chi connectivity index (χ1n) is 7.96. The van der Waals surface area contributed by atoms with Gasteiger partial charge in [-0.3, -0.25) is 4.98 Å². The van der Waals surface area contributed by atoms with E-state index in [-0.39, 0.29) is 6.61 Å². The van der Waals surface area contributed by atoms with Crippen LogP contribution in [0.4, 0.5) is 0 Å². The first-order valence-corrected chi connectivity index (χ1v) is 7.96. The molecule has 0 radical (unpaired) electrons. The number of rotatable bonds is 6. The van der Waals surface area contributed by atoms with Crippen LogP contribution in [-0.2, 0) is 17.6 Å². The highest BCUT2D eigenvalue weighted by atomic mass is 16.5. The van der Waals surface area contributed by atoms with E-state index in [0.29, 0.717) is 12.2 Å². The molecule has 122 valence electrons. The van der Waals surface area contributed by atoms with Gasteiger partial charge in [0, 0.05) is 24.4 Å². The van der Waals surface area contributed by atoms with E-state index in [4.69, 9.17) is 9.84 Å². The second kappa shape index (κ2) is 7.13. The maximum atomic E-state index is 10.7. The van der Waals surface area contributed by atoms with Crippen molar-refractivity contribution in [2.45, 2.75) is 19.8 Å². The molecule has 0 atom stereocenters. The molecular formula is C20H19NO3. The number of aryl methyl sites for hydroxylation is 1. The van der Waals surface area contributed by atoms with Gasteiger partial charge in [0.15, 0.2) is 6.61 Å². The highest BCUT2D eigenvalue weighted by Gasteiger charge is 2.10. The lowest BCUT2D eigenvalue weighted by Gasteiger charge is -2.13. The number of benzene rings is 2. The number of ether oxygens (including phenoxy) is 1. The fourth-order valence-electron chi connectivity index (χ4n) is 2.92. The highest BCUT2D eigenvalue weighted by Crippen LogP contribution is 2.27. The fourth-order valence-corrected chi connectivity index (χ4v) is 2.92. The van der Waals surface area contributed by atoms with Crippen LogP contribution in [-0.4, -0.2) is 22.7 Å². The lowest BCUT2D eigenvalue weighted by atomic mass is 9.95. The third kappa shape index (κ3) is 3.38. The standard InChI is InChI=1S/C20H19NO3/c1-2-14-7-8-15(18-6-4-3-5-17(14)18)11-16-12-21-10-9-19(16)24-13-20(22)23/h3-10,12H,2,11,13H2,1H3,(H,22,23). The summed E-state index contributed by atoms with van der Waals surface area (Å²) in [7, 11) is 0. The molecule has 0 bridgehead atoms. The Morgan fingerprint density at radius 1 is 1.04 bits per heavy atom. The summed E-state index contributed by atoms with van der Waals surface area (Å²) in [5.41, 5.74) is 3.38. The number of hydrogen-bond donors (Lipinski definition) is 1. The number of nitrogens with zero attached hydrogens (tertiary/aromatic N) is 1. The van der Waals surface area contributed by atoms with E-state index in [1.165, 1.54) is 21.9 Å². The third-order valence-electron chi connectivity index (χ3n) is 4.08. The summed E-state index contributed by atoms with van der Waals surface area (Å²) >= 11 is 0. The molecule has 0 aliphatic heterocycles. The number of fused-ring (bicyclic) bond motifs is 1. The monoisotopic (exact) mass is 321 g/mol. The molecule has 0 unspecified atom stereocenters. The van der Waals surface area contributed by atoms with Crippen molar-refractivity contribution in [3.05, 3.63) is 71.5 Å². The van der Waals surface area contributed by atoms with Crippen molar-refractivity contribution < 1.29 is 14.6 Å². The van der Waals surface area contributed by atoms with Crippen LogP contribution in [0.5, 0.6) is 5.75 Å². The number of aliphatic carboxylic acids is 1. The molecule has 0 aliphatic rings. The lowest BCUT2D eigenvalue weighted by Crippen LogP contribution is -2.10. The SMILES string of the molecule is CCc1ccc(Cc2cnccc2OCC(=O)O)c2ccccc12. The van der Waals surface area contributed by atoms with E-state index >= 15 is 0 Å². The summed E-state index contributed by atoms with van der Waals surface area (Å²) in [4.78, 5) is 14.9. The van der Waals surface area contributed by atoms with Crippen LogP contribution < -0.4 is 4.74 Å². The van der Waals surface area contributed by atoms with Crippen LogP contribution in [0.1, 0.15) is 23.6 Å². The maximum Gasteiger partial charge on any atom is 0.341 e.